The maximum Gasteiger partial charge on any atom is 0.270 e. The van der Waals surface area contributed by atoms with Gasteiger partial charge in [0.15, 0.2) is 5.60 Å². The van der Waals surface area contributed by atoms with E-state index in [9.17, 15) is 4.79 Å². The third-order valence-electron chi connectivity index (χ3n) is 2.81. The molecule has 0 spiro atoms. The standard InChI is InChI=1S/C12H16N2O2/c1-12(2)11(15)14(3)9-5-4-8(7-13)6-10(9)16-12/h4-6H,7,13H2,1-3H3. The zero-order valence-corrected chi connectivity index (χ0v) is 9.78. The molecule has 86 valence electrons. The van der Waals surface area contributed by atoms with Crippen LogP contribution < -0.4 is 15.4 Å². The lowest BCUT2D eigenvalue weighted by Gasteiger charge is -2.37. The number of carbonyl (C=O) groups excluding carboxylic acids is 1. The first-order valence-electron chi connectivity index (χ1n) is 5.26. The Bertz CT molecular complexity index is 441. The molecule has 0 unspecified atom stereocenters. The average Bonchev–Trinajstić information content (AvgIpc) is 2.25. The Labute approximate surface area is 95.0 Å². The molecule has 1 amide bonds. The van der Waals surface area contributed by atoms with Crippen LogP contribution in [0.5, 0.6) is 5.75 Å². The van der Waals surface area contributed by atoms with Crippen molar-refractivity contribution >= 4 is 11.6 Å². The molecule has 2 N–H and O–H groups in total. The van der Waals surface area contributed by atoms with E-state index in [2.05, 4.69) is 0 Å². The highest BCUT2D eigenvalue weighted by Crippen LogP contribution is 2.37. The molecule has 0 saturated carbocycles. The number of hydrogen-bond acceptors (Lipinski definition) is 3. The van der Waals surface area contributed by atoms with Gasteiger partial charge in [0.1, 0.15) is 5.75 Å². The Morgan fingerprint density at radius 1 is 1.44 bits per heavy atom. The van der Waals surface area contributed by atoms with E-state index in [1.165, 1.54) is 0 Å². The zero-order valence-electron chi connectivity index (χ0n) is 9.78. The van der Waals surface area contributed by atoms with Crippen molar-refractivity contribution in [2.75, 3.05) is 11.9 Å². The minimum Gasteiger partial charge on any atom is -0.476 e. The van der Waals surface area contributed by atoms with Gasteiger partial charge in [0.05, 0.1) is 5.69 Å². The van der Waals surface area contributed by atoms with Crippen molar-refractivity contribution < 1.29 is 9.53 Å². The van der Waals surface area contributed by atoms with Crippen LogP contribution in [-0.2, 0) is 11.3 Å². The van der Waals surface area contributed by atoms with Crippen LogP contribution in [0.25, 0.3) is 0 Å². The van der Waals surface area contributed by atoms with Gasteiger partial charge in [-0.1, -0.05) is 6.07 Å². The number of carbonyl (C=O) groups is 1. The van der Waals surface area contributed by atoms with Crippen molar-refractivity contribution in [3.63, 3.8) is 0 Å². The molecule has 16 heavy (non-hydrogen) atoms. The summed E-state index contributed by atoms with van der Waals surface area (Å²) in [5.74, 6) is 0.676. The Morgan fingerprint density at radius 3 is 2.75 bits per heavy atom. The molecular formula is C12H16N2O2. The minimum absolute atomic E-state index is 0.0412. The van der Waals surface area contributed by atoms with Gasteiger partial charge in [-0.3, -0.25) is 4.79 Å². The predicted octanol–water partition coefficient (Wildman–Crippen LogP) is 1.28. The molecule has 4 heteroatoms. The SMILES string of the molecule is CN1C(=O)C(C)(C)Oc2cc(CN)ccc21. The normalized spacial score (nSPS) is 18.0. The molecular weight excluding hydrogens is 204 g/mol. The number of rotatable bonds is 1. The maximum atomic E-state index is 11.9. The van der Waals surface area contributed by atoms with Gasteiger partial charge in [-0.05, 0) is 31.5 Å². The van der Waals surface area contributed by atoms with E-state index in [0.717, 1.165) is 17.0 Å². The highest BCUT2D eigenvalue weighted by molar-refractivity contribution is 6.01. The third kappa shape index (κ3) is 1.55. The molecule has 0 radical (unpaired) electrons. The molecule has 1 aromatic carbocycles. The zero-order chi connectivity index (χ0) is 11.9. The quantitative estimate of drug-likeness (QED) is 0.775. The summed E-state index contributed by atoms with van der Waals surface area (Å²) in [4.78, 5) is 13.6. The van der Waals surface area contributed by atoms with Crippen LogP contribution in [0.4, 0.5) is 5.69 Å². The fourth-order valence-corrected chi connectivity index (χ4v) is 1.88. The fourth-order valence-electron chi connectivity index (χ4n) is 1.88. The minimum atomic E-state index is -0.811. The maximum absolute atomic E-state index is 11.9. The molecule has 1 aromatic rings. The molecule has 0 fully saturated rings. The number of anilines is 1. The largest absolute Gasteiger partial charge is 0.476 e. The first-order valence-corrected chi connectivity index (χ1v) is 5.26. The van der Waals surface area contributed by atoms with Crippen molar-refractivity contribution in [2.45, 2.75) is 26.0 Å². The van der Waals surface area contributed by atoms with Crippen LogP contribution >= 0.6 is 0 Å². The lowest BCUT2D eigenvalue weighted by Crippen LogP contribution is -2.50. The van der Waals surface area contributed by atoms with Crippen LogP contribution in [0.1, 0.15) is 19.4 Å². The number of hydrogen-bond donors (Lipinski definition) is 1. The van der Waals surface area contributed by atoms with Gasteiger partial charge >= 0.3 is 0 Å². The summed E-state index contributed by atoms with van der Waals surface area (Å²) < 4.78 is 5.70. The van der Waals surface area contributed by atoms with E-state index in [0.29, 0.717) is 6.54 Å². The van der Waals surface area contributed by atoms with Crippen LogP contribution in [0, 0.1) is 0 Å². The first-order chi connectivity index (χ1) is 7.45. The molecule has 0 bridgehead atoms. The highest BCUT2D eigenvalue weighted by Gasteiger charge is 2.39. The van der Waals surface area contributed by atoms with Crippen molar-refractivity contribution in [2.24, 2.45) is 5.73 Å². The molecule has 1 aliphatic rings. The molecule has 0 atom stereocenters. The summed E-state index contributed by atoms with van der Waals surface area (Å²) in [6.45, 7) is 4.00. The number of nitrogens with two attached hydrogens (primary N) is 1. The third-order valence-corrected chi connectivity index (χ3v) is 2.81. The summed E-state index contributed by atoms with van der Waals surface area (Å²) in [5.41, 5.74) is 6.56. The van der Waals surface area contributed by atoms with E-state index in [4.69, 9.17) is 10.5 Å². The molecule has 4 nitrogen and oxygen atoms in total. The number of likely N-dealkylation sites (N-methyl/N-ethyl adjacent to an activating group) is 1. The second-order valence-electron chi connectivity index (χ2n) is 4.48. The van der Waals surface area contributed by atoms with Crippen molar-refractivity contribution in [1.82, 2.24) is 0 Å². The van der Waals surface area contributed by atoms with Gasteiger partial charge in [-0.25, -0.2) is 0 Å². The average molecular weight is 220 g/mol. The summed E-state index contributed by atoms with van der Waals surface area (Å²) >= 11 is 0. The first kappa shape index (κ1) is 11.0. The fraction of sp³-hybridized carbons (Fsp3) is 0.417. The summed E-state index contributed by atoms with van der Waals surface area (Å²) in [5, 5.41) is 0. The highest BCUT2D eigenvalue weighted by atomic mass is 16.5. The van der Waals surface area contributed by atoms with Gasteiger partial charge in [-0.2, -0.15) is 0 Å². The molecule has 1 heterocycles. The van der Waals surface area contributed by atoms with E-state index >= 15 is 0 Å². The number of ether oxygens (including phenoxy) is 1. The van der Waals surface area contributed by atoms with E-state index in [1.54, 1.807) is 25.8 Å². The summed E-state index contributed by atoms with van der Waals surface area (Å²) in [7, 11) is 1.76. The number of fused-ring (bicyclic) bond motifs is 1. The lowest BCUT2D eigenvalue weighted by atomic mass is 10.0. The number of benzene rings is 1. The van der Waals surface area contributed by atoms with Gasteiger partial charge in [-0.15, -0.1) is 0 Å². The van der Waals surface area contributed by atoms with Crippen LogP contribution in [0.15, 0.2) is 18.2 Å². The van der Waals surface area contributed by atoms with Crippen LogP contribution in [-0.4, -0.2) is 18.6 Å². The van der Waals surface area contributed by atoms with Crippen LogP contribution in [0.2, 0.25) is 0 Å². The predicted molar refractivity (Wildman–Crippen MR) is 62.5 cm³/mol. The van der Waals surface area contributed by atoms with Gasteiger partial charge in [0.2, 0.25) is 0 Å². The summed E-state index contributed by atoms with van der Waals surface area (Å²) in [6.07, 6.45) is 0. The summed E-state index contributed by atoms with van der Waals surface area (Å²) in [6, 6.07) is 5.66. The second kappa shape index (κ2) is 3.49. The lowest BCUT2D eigenvalue weighted by molar-refractivity contribution is -0.132. The topological polar surface area (TPSA) is 55.6 Å². The smallest absolute Gasteiger partial charge is 0.270 e. The van der Waals surface area contributed by atoms with Crippen molar-refractivity contribution in [3.8, 4) is 5.75 Å². The van der Waals surface area contributed by atoms with Gasteiger partial charge < -0.3 is 15.4 Å². The second-order valence-corrected chi connectivity index (χ2v) is 4.48. The van der Waals surface area contributed by atoms with E-state index < -0.39 is 5.60 Å². The Hall–Kier alpha value is -1.55. The van der Waals surface area contributed by atoms with Crippen molar-refractivity contribution in [3.05, 3.63) is 23.8 Å². The van der Waals surface area contributed by atoms with Gasteiger partial charge in [0.25, 0.3) is 5.91 Å². The van der Waals surface area contributed by atoms with Crippen molar-refractivity contribution in [1.29, 1.82) is 0 Å². The van der Waals surface area contributed by atoms with E-state index in [1.807, 2.05) is 18.2 Å². The molecule has 0 saturated heterocycles. The monoisotopic (exact) mass is 220 g/mol. The number of amides is 1. The Morgan fingerprint density at radius 2 is 2.12 bits per heavy atom. The van der Waals surface area contributed by atoms with Gasteiger partial charge in [0, 0.05) is 13.6 Å². The van der Waals surface area contributed by atoms with Crippen LogP contribution in [0.3, 0.4) is 0 Å². The molecule has 0 aliphatic carbocycles. The molecule has 0 aromatic heterocycles. The molecule has 1 aliphatic heterocycles. The Balaban J connectivity index is 2.51. The number of nitrogens with zero attached hydrogens (tertiary/aromatic N) is 1. The molecule has 2 rings (SSSR count). The Kier molecular flexibility index (Phi) is 2.39. The van der Waals surface area contributed by atoms with E-state index in [-0.39, 0.29) is 5.91 Å².